The van der Waals surface area contributed by atoms with Crippen molar-refractivity contribution < 1.29 is 24.2 Å². The molecule has 6 nitrogen and oxygen atoms in total. The van der Waals surface area contributed by atoms with E-state index in [-0.39, 0.29) is 6.61 Å². The van der Waals surface area contributed by atoms with Crippen LogP contribution in [0.15, 0.2) is 24.3 Å². The molecular formula is C15H20NO5-. The zero-order chi connectivity index (χ0) is 15.8. The minimum atomic E-state index is -1.34. The number of hydrogen-bond donors (Lipinski definition) is 1. The Bertz CT molecular complexity index is 487. The van der Waals surface area contributed by atoms with Crippen molar-refractivity contribution in [1.29, 1.82) is 0 Å². The predicted molar refractivity (Wildman–Crippen MR) is 74.9 cm³/mol. The van der Waals surface area contributed by atoms with E-state index in [1.807, 2.05) is 13.8 Å². The van der Waals surface area contributed by atoms with Gasteiger partial charge in [0.2, 0.25) is 0 Å². The monoisotopic (exact) mass is 294 g/mol. The zero-order valence-electron chi connectivity index (χ0n) is 12.4. The maximum atomic E-state index is 11.5. The molecule has 0 radical (unpaired) electrons. The molecule has 0 aromatic heterocycles. The van der Waals surface area contributed by atoms with Crippen LogP contribution >= 0.6 is 0 Å². The van der Waals surface area contributed by atoms with Gasteiger partial charge in [-0.25, -0.2) is 0 Å². The normalized spacial score (nSPS) is 11.8. The van der Waals surface area contributed by atoms with E-state index in [1.165, 1.54) is 6.92 Å². The Morgan fingerprint density at radius 3 is 2.38 bits per heavy atom. The second-order valence-electron chi connectivity index (χ2n) is 5.08. The van der Waals surface area contributed by atoms with Crippen LogP contribution in [0.5, 0.6) is 11.5 Å². The van der Waals surface area contributed by atoms with Gasteiger partial charge in [-0.3, -0.25) is 4.79 Å². The van der Waals surface area contributed by atoms with Crippen LogP contribution in [0.3, 0.4) is 0 Å². The number of nitrogens with one attached hydrogen (secondary N) is 1. The number of ether oxygens (including phenoxy) is 2. The highest BCUT2D eigenvalue weighted by molar-refractivity contribution is 5.83. The van der Waals surface area contributed by atoms with E-state index >= 15 is 0 Å². The first-order valence-corrected chi connectivity index (χ1v) is 6.74. The van der Waals surface area contributed by atoms with E-state index in [4.69, 9.17) is 9.47 Å². The van der Waals surface area contributed by atoms with E-state index in [0.717, 1.165) is 0 Å². The van der Waals surface area contributed by atoms with Crippen molar-refractivity contribution in [3.8, 4) is 11.5 Å². The summed E-state index contributed by atoms with van der Waals surface area (Å²) in [6.45, 7) is 5.73. The molecule has 0 bridgehead atoms. The van der Waals surface area contributed by atoms with Crippen molar-refractivity contribution >= 4 is 11.9 Å². The molecule has 1 atom stereocenters. The molecule has 1 N–H and O–H groups in total. The molecular weight excluding hydrogens is 274 g/mol. The van der Waals surface area contributed by atoms with Gasteiger partial charge >= 0.3 is 0 Å². The number of hydrogen-bond acceptors (Lipinski definition) is 5. The first-order valence-electron chi connectivity index (χ1n) is 6.74. The average molecular weight is 294 g/mol. The maximum Gasteiger partial charge on any atom is 0.258 e. The third-order valence-corrected chi connectivity index (χ3v) is 2.49. The number of carbonyl (C=O) groups is 2. The number of carbonyl (C=O) groups excluding carboxylic acids is 2. The van der Waals surface area contributed by atoms with Crippen LogP contribution in [0, 0.1) is 5.92 Å². The number of carboxylic acid groups (broad SMARTS) is 1. The molecule has 1 rings (SSSR count). The summed E-state index contributed by atoms with van der Waals surface area (Å²) in [5, 5.41) is 12.7. The Hall–Kier alpha value is -2.24. The van der Waals surface area contributed by atoms with Crippen LogP contribution in [-0.4, -0.2) is 31.1 Å². The quantitative estimate of drug-likeness (QED) is 0.747. The van der Waals surface area contributed by atoms with Crippen molar-refractivity contribution in [3.63, 3.8) is 0 Å². The summed E-state index contributed by atoms with van der Waals surface area (Å²) in [4.78, 5) is 22.0. The Balaban J connectivity index is 2.46. The smallest absolute Gasteiger partial charge is 0.258 e. The molecule has 1 aromatic carbocycles. The number of aliphatic carboxylic acids is 1. The van der Waals surface area contributed by atoms with Gasteiger partial charge in [0.05, 0.1) is 18.6 Å². The van der Waals surface area contributed by atoms with E-state index in [1.54, 1.807) is 24.3 Å². The molecule has 0 aliphatic heterocycles. The van der Waals surface area contributed by atoms with Crippen molar-refractivity contribution in [2.45, 2.75) is 26.8 Å². The van der Waals surface area contributed by atoms with Crippen LogP contribution in [0.25, 0.3) is 0 Å². The fraction of sp³-hybridized carbons (Fsp3) is 0.467. The molecule has 0 aliphatic rings. The molecule has 0 spiro atoms. The highest BCUT2D eigenvalue weighted by Crippen LogP contribution is 2.19. The minimum absolute atomic E-state index is 0.273. The summed E-state index contributed by atoms with van der Waals surface area (Å²) < 4.78 is 10.8. The van der Waals surface area contributed by atoms with E-state index in [2.05, 4.69) is 5.32 Å². The molecule has 0 aliphatic carbocycles. The third-order valence-electron chi connectivity index (χ3n) is 2.49. The Morgan fingerprint density at radius 1 is 1.19 bits per heavy atom. The van der Waals surface area contributed by atoms with Crippen LogP contribution in [0.2, 0.25) is 0 Å². The predicted octanol–water partition coefficient (Wildman–Crippen LogP) is 0.355. The lowest BCUT2D eigenvalue weighted by Gasteiger charge is -2.15. The van der Waals surface area contributed by atoms with E-state index < -0.39 is 17.9 Å². The Labute approximate surface area is 124 Å². The molecule has 21 heavy (non-hydrogen) atoms. The van der Waals surface area contributed by atoms with Crippen LogP contribution < -0.4 is 19.9 Å². The van der Waals surface area contributed by atoms with Crippen molar-refractivity contribution in [3.05, 3.63) is 24.3 Å². The fourth-order valence-electron chi connectivity index (χ4n) is 1.41. The number of carboxylic acids is 1. The summed E-state index contributed by atoms with van der Waals surface area (Å²) in [6, 6.07) is 5.87. The van der Waals surface area contributed by atoms with Gasteiger partial charge in [0.1, 0.15) is 11.5 Å². The van der Waals surface area contributed by atoms with Gasteiger partial charge in [0, 0.05) is 6.07 Å². The minimum Gasteiger partial charge on any atom is -0.548 e. The second-order valence-corrected chi connectivity index (χ2v) is 5.08. The lowest BCUT2D eigenvalue weighted by molar-refractivity contribution is -0.307. The summed E-state index contributed by atoms with van der Waals surface area (Å²) in [5.41, 5.74) is 0. The SMILES string of the molecule is CC(C)COc1cccc(OCC(=O)N[C@@H](C)C(=O)[O-])c1. The average Bonchev–Trinajstić information content (AvgIpc) is 2.43. The summed E-state index contributed by atoms with van der Waals surface area (Å²) in [7, 11) is 0. The lowest BCUT2D eigenvalue weighted by atomic mass is 10.2. The lowest BCUT2D eigenvalue weighted by Crippen LogP contribution is -2.47. The van der Waals surface area contributed by atoms with Crippen molar-refractivity contribution in [2.75, 3.05) is 13.2 Å². The van der Waals surface area contributed by atoms with Crippen LogP contribution in [-0.2, 0) is 9.59 Å². The molecule has 0 unspecified atom stereocenters. The molecule has 0 heterocycles. The zero-order valence-corrected chi connectivity index (χ0v) is 12.4. The largest absolute Gasteiger partial charge is 0.548 e. The van der Waals surface area contributed by atoms with Crippen LogP contribution in [0.4, 0.5) is 0 Å². The van der Waals surface area contributed by atoms with Crippen molar-refractivity contribution in [1.82, 2.24) is 5.32 Å². The fourth-order valence-corrected chi connectivity index (χ4v) is 1.41. The Kier molecular flexibility index (Phi) is 6.52. The molecule has 1 amide bonds. The van der Waals surface area contributed by atoms with Crippen molar-refractivity contribution in [2.24, 2.45) is 5.92 Å². The highest BCUT2D eigenvalue weighted by atomic mass is 16.5. The van der Waals surface area contributed by atoms with Gasteiger partial charge in [0.15, 0.2) is 6.61 Å². The van der Waals surface area contributed by atoms with Gasteiger partial charge in [-0.05, 0) is 25.0 Å². The first-order chi connectivity index (χ1) is 9.88. The summed E-state index contributed by atoms with van der Waals surface area (Å²) in [6.07, 6.45) is 0. The summed E-state index contributed by atoms with van der Waals surface area (Å²) >= 11 is 0. The van der Waals surface area contributed by atoms with Gasteiger partial charge in [-0.1, -0.05) is 19.9 Å². The summed E-state index contributed by atoms with van der Waals surface area (Å²) in [5.74, 6) is -0.323. The van der Waals surface area contributed by atoms with Gasteiger partial charge in [-0.15, -0.1) is 0 Å². The molecule has 0 saturated carbocycles. The molecule has 0 fully saturated rings. The molecule has 6 heteroatoms. The van der Waals surface area contributed by atoms with E-state index in [0.29, 0.717) is 24.0 Å². The van der Waals surface area contributed by atoms with Gasteiger partial charge in [0.25, 0.3) is 5.91 Å². The molecule has 0 saturated heterocycles. The first kappa shape index (κ1) is 16.8. The van der Waals surface area contributed by atoms with Crippen LogP contribution in [0.1, 0.15) is 20.8 Å². The maximum absolute atomic E-state index is 11.5. The van der Waals surface area contributed by atoms with E-state index in [9.17, 15) is 14.7 Å². The van der Waals surface area contributed by atoms with Gasteiger partial charge in [-0.2, -0.15) is 0 Å². The topological polar surface area (TPSA) is 87.7 Å². The second kappa shape index (κ2) is 8.14. The number of amides is 1. The molecule has 116 valence electrons. The highest BCUT2D eigenvalue weighted by Gasteiger charge is 2.09. The Morgan fingerprint density at radius 2 is 1.81 bits per heavy atom. The number of rotatable bonds is 8. The van der Waals surface area contributed by atoms with Gasteiger partial charge < -0.3 is 24.7 Å². The number of benzene rings is 1. The standard InChI is InChI=1S/C15H21NO5/c1-10(2)8-20-12-5-4-6-13(7-12)21-9-14(17)16-11(3)15(18)19/h4-7,10-11H,8-9H2,1-3H3,(H,16,17)(H,18,19)/p-1/t11-/m0/s1. The molecule has 1 aromatic rings. The third kappa shape index (κ3) is 6.65.